The van der Waals surface area contributed by atoms with E-state index in [0.717, 1.165) is 37.4 Å². The van der Waals surface area contributed by atoms with Crippen LogP contribution in [0.2, 0.25) is 0 Å². The van der Waals surface area contributed by atoms with E-state index in [1.807, 2.05) is 24.3 Å². The van der Waals surface area contributed by atoms with Gasteiger partial charge in [-0.25, -0.2) is 0 Å². The fraction of sp³-hybridized carbons (Fsp3) is 0.682. The standard InChI is InChI=1S/C22H38N2O2/c1-3-5-7-9-11-17-23-22(25)19-24-20-13-15-21(16-14-20)26-18-12-10-8-6-4-2/h13-16,24H,3-12,17-19H2,1-2H3,(H,23,25). The lowest BCUT2D eigenvalue weighted by Gasteiger charge is -2.09. The monoisotopic (exact) mass is 362 g/mol. The summed E-state index contributed by atoms with van der Waals surface area (Å²) in [6.45, 7) is 6.30. The van der Waals surface area contributed by atoms with Crippen molar-refractivity contribution in [2.24, 2.45) is 0 Å². The lowest BCUT2D eigenvalue weighted by molar-refractivity contribution is -0.119. The first-order valence-electron chi connectivity index (χ1n) is 10.5. The van der Waals surface area contributed by atoms with E-state index in [0.29, 0.717) is 6.54 Å². The summed E-state index contributed by atoms with van der Waals surface area (Å²) in [5, 5.41) is 6.12. The smallest absolute Gasteiger partial charge is 0.239 e. The third kappa shape index (κ3) is 11.8. The van der Waals surface area contributed by atoms with Gasteiger partial charge in [0.25, 0.3) is 0 Å². The molecule has 0 saturated carbocycles. The second-order valence-electron chi connectivity index (χ2n) is 6.90. The van der Waals surface area contributed by atoms with Crippen molar-refractivity contribution < 1.29 is 9.53 Å². The van der Waals surface area contributed by atoms with Crippen LogP contribution in [0.4, 0.5) is 5.69 Å². The molecule has 1 aromatic rings. The van der Waals surface area contributed by atoms with Crippen LogP contribution in [-0.2, 0) is 4.79 Å². The number of ether oxygens (including phenoxy) is 1. The number of carbonyl (C=O) groups is 1. The van der Waals surface area contributed by atoms with Crippen molar-refractivity contribution >= 4 is 11.6 Å². The number of rotatable bonds is 16. The SMILES string of the molecule is CCCCCCCNC(=O)CNc1ccc(OCCCCCCC)cc1. The molecule has 0 bridgehead atoms. The van der Waals surface area contributed by atoms with Gasteiger partial charge in [-0.2, -0.15) is 0 Å². The quantitative estimate of drug-likeness (QED) is 0.380. The van der Waals surface area contributed by atoms with Crippen molar-refractivity contribution in [2.45, 2.75) is 78.1 Å². The van der Waals surface area contributed by atoms with E-state index in [1.54, 1.807) is 0 Å². The van der Waals surface area contributed by atoms with Gasteiger partial charge in [0.1, 0.15) is 5.75 Å². The first kappa shape index (κ1) is 22.3. The largest absolute Gasteiger partial charge is 0.494 e. The number of benzene rings is 1. The summed E-state index contributed by atoms with van der Waals surface area (Å²) in [6, 6.07) is 7.84. The van der Waals surface area contributed by atoms with Gasteiger partial charge in [0, 0.05) is 12.2 Å². The second-order valence-corrected chi connectivity index (χ2v) is 6.90. The fourth-order valence-corrected chi connectivity index (χ4v) is 2.77. The molecule has 4 nitrogen and oxygen atoms in total. The molecule has 0 aliphatic heterocycles. The number of hydrogen-bond acceptors (Lipinski definition) is 3. The van der Waals surface area contributed by atoms with Crippen molar-refractivity contribution in [1.82, 2.24) is 5.32 Å². The molecule has 0 spiro atoms. The van der Waals surface area contributed by atoms with Gasteiger partial charge in [0.2, 0.25) is 5.91 Å². The van der Waals surface area contributed by atoms with E-state index in [-0.39, 0.29) is 5.91 Å². The molecular formula is C22H38N2O2. The predicted octanol–water partition coefficient (Wildman–Crippen LogP) is 5.53. The fourth-order valence-electron chi connectivity index (χ4n) is 2.77. The highest BCUT2D eigenvalue weighted by molar-refractivity contribution is 5.80. The summed E-state index contributed by atoms with van der Waals surface area (Å²) in [5.74, 6) is 0.940. The molecule has 0 atom stereocenters. The normalized spacial score (nSPS) is 10.5. The van der Waals surface area contributed by atoms with Gasteiger partial charge in [0.05, 0.1) is 13.2 Å². The summed E-state index contributed by atoms with van der Waals surface area (Å²) >= 11 is 0. The molecule has 0 saturated heterocycles. The molecule has 1 amide bonds. The number of nitrogens with one attached hydrogen (secondary N) is 2. The lowest BCUT2D eigenvalue weighted by atomic mass is 10.1. The van der Waals surface area contributed by atoms with Gasteiger partial charge in [-0.05, 0) is 37.1 Å². The molecule has 0 aliphatic carbocycles. The Bertz CT molecular complexity index is 460. The predicted molar refractivity (Wildman–Crippen MR) is 111 cm³/mol. The maximum absolute atomic E-state index is 11.8. The third-order valence-electron chi connectivity index (χ3n) is 4.43. The van der Waals surface area contributed by atoms with Crippen molar-refractivity contribution in [3.63, 3.8) is 0 Å². The maximum atomic E-state index is 11.8. The minimum atomic E-state index is 0.0490. The van der Waals surface area contributed by atoms with Crippen LogP contribution in [0.25, 0.3) is 0 Å². The Morgan fingerprint density at radius 3 is 2.12 bits per heavy atom. The minimum Gasteiger partial charge on any atom is -0.494 e. The molecule has 0 fully saturated rings. The summed E-state index contributed by atoms with van der Waals surface area (Å²) in [5.41, 5.74) is 0.943. The van der Waals surface area contributed by atoms with E-state index in [1.165, 1.54) is 51.4 Å². The van der Waals surface area contributed by atoms with E-state index >= 15 is 0 Å². The van der Waals surface area contributed by atoms with E-state index < -0.39 is 0 Å². The van der Waals surface area contributed by atoms with Crippen LogP contribution in [0.15, 0.2) is 24.3 Å². The number of amides is 1. The number of unbranched alkanes of at least 4 members (excludes halogenated alkanes) is 8. The lowest BCUT2D eigenvalue weighted by Crippen LogP contribution is -2.30. The third-order valence-corrected chi connectivity index (χ3v) is 4.43. The first-order valence-corrected chi connectivity index (χ1v) is 10.5. The summed E-state index contributed by atoms with van der Waals surface area (Å²) in [4.78, 5) is 11.8. The Labute approximate surface area is 160 Å². The molecule has 2 N–H and O–H groups in total. The Morgan fingerprint density at radius 2 is 1.46 bits per heavy atom. The van der Waals surface area contributed by atoms with Crippen molar-refractivity contribution in [2.75, 3.05) is 25.0 Å². The molecule has 0 aliphatic rings. The summed E-state index contributed by atoms with van der Waals surface area (Å²) < 4.78 is 5.75. The van der Waals surface area contributed by atoms with Crippen molar-refractivity contribution in [3.8, 4) is 5.75 Å². The van der Waals surface area contributed by atoms with Gasteiger partial charge in [-0.1, -0.05) is 65.2 Å². The average Bonchev–Trinajstić information content (AvgIpc) is 2.66. The zero-order valence-electron chi connectivity index (χ0n) is 16.8. The average molecular weight is 363 g/mol. The Balaban J connectivity index is 2.09. The maximum Gasteiger partial charge on any atom is 0.239 e. The summed E-state index contributed by atoms with van der Waals surface area (Å²) in [7, 11) is 0. The highest BCUT2D eigenvalue weighted by Gasteiger charge is 2.01. The van der Waals surface area contributed by atoms with Gasteiger partial charge < -0.3 is 15.4 Å². The zero-order chi connectivity index (χ0) is 18.9. The molecule has 4 heteroatoms. The molecule has 0 unspecified atom stereocenters. The van der Waals surface area contributed by atoms with Crippen LogP contribution >= 0.6 is 0 Å². The molecule has 1 rings (SSSR count). The Kier molecular flexibility index (Phi) is 13.3. The van der Waals surface area contributed by atoms with Crippen LogP contribution in [0.3, 0.4) is 0 Å². The topological polar surface area (TPSA) is 50.4 Å². The van der Waals surface area contributed by atoms with Crippen molar-refractivity contribution in [1.29, 1.82) is 0 Å². The van der Waals surface area contributed by atoms with Gasteiger partial charge in [-0.3, -0.25) is 4.79 Å². The zero-order valence-corrected chi connectivity index (χ0v) is 16.8. The van der Waals surface area contributed by atoms with Crippen LogP contribution in [0.1, 0.15) is 78.1 Å². The molecule has 1 aromatic carbocycles. The highest BCUT2D eigenvalue weighted by atomic mass is 16.5. The van der Waals surface area contributed by atoms with E-state index in [9.17, 15) is 4.79 Å². The van der Waals surface area contributed by atoms with Crippen LogP contribution in [0.5, 0.6) is 5.75 Å². The molecule has 0 radical (unpaired) electrons. The molecule has 0 aromatic heterocycles. The molecular weight excluding hydrogens is 324 g/mol. The number of anilines is 1. The molecule has 148 valence electrons. The summed E-state index contributed by atoms with van der Waals surface area (Å²) in [6.07, 6.45) is 12.3. The first-order chi connectivity index (χ1) is 12.8. The van der Waals surface area contributed by atoms with E-state index in [4.69, 9.17) is 4.74 Å². The number of carbonyl (C=O) groups excluding carboxylic acids is 1. The number of hydrogen-bond donors (Lipinski definition) is 2. The van der Waals surface area contributed by atoms with Crippen LogP contribution in [-0.4, -0.2) is 25.6 Å². The van der Waals surface area contributed by atoms with Gasteiger partial charge in [-0.15, -0.1) is 0 Å². The van der Waals surface area contributed by atoms with E-state index in [2.05, 4.69) is 24.5 Å². The van der Waals surface area contributed by atoms with Gasteiger partial charge in [0.15, 0.2) is 0 Å². The van der Waals surface area contributed by atoms with Gasteiger partial charge >= 0.3 is 0 Å². The minimum absolute atomic E-state index is 0.0490. The van der Waals surface area contributed by atoms with Crippen LogP contribution in [0, 0.1) is 0 Å². The van der Waals surface area contributed by atoms with Crippen LogP contribution < -0.4 is 15.4 Å². The highest BCUT2D eigenvalue weighted by Crippen LogP contribution is 2.16. The molecule has 26 heavy (non-hydrogen) atoms. The Hall–Kier alpha value is -1.71. The van der Waals surface area contributed by atoms with Crippen molar-refractivity contribution in [3.05, 3.63) is 24.3 Å². The Morgan fingerprint density at radius 1 is 0.846 bits per heavy atom. The second kappa shape index (κ2) is 15.5. The molecule has 0 heterocycles.